The third kappa shape index (κ3) is 1.80. The van der Waals surface area contributed by atoms with E-state index in [2.05, 4.69) is 44.2 Å². The minimum Gasteiger partial charge on any atom is -0.330 e. The largest absolute Gasteiger partial charge is 0.330 e. The Hall–Kier alpha value is -1.12. The van der Waals surface area contributed by atoms with Crippen molar-refractivity contribution in [2.45, 2.75) is 32.1 Å². The van der Waals surface area contributed by atoms with E-state index in [1.807, 2.05) is 11.3 Å². The average molecular weight is 257 g/mol. The third-order valence-electron chi connectivity index (χ3n) is 4.24. The van der Waals surface area contributed by atoms with Crippen LogP contribution in [0.15, 0.2) is 30.3 Å². The molecule has 1 nitrogen and oxygen atoms in total. The second kappa shape index (κ2) is 4.22. The highest BCUT2D eigenvalue weighted by Gasteiger charge is 2.44. The molecule has 1 aromatic carbocycles. The summed E-state index contributed by atoms with van der Waals surface area (Å²) in [4.78, 5) is 2.85. The first-order valence-corrected chi connectivity index (χ1v) is 7.35. The molecule has 0 radical (unpaired) electrons. The van der Waals surface area contributed by atoms with Gasteiger partial charge in [0, 0.05) is 21.7 Å². The van der Waals surface area contributed by atoms with Gasteiger partial charge in [0.1, 0.15) is 0 Å². The fourth-order valence-electron chi connectivity index (χ4n) is 2.49. The summed E-state index contributed by atoms with van der Waals surface area (Å²) in [5, 5.41) is 0. The van der Waals surface area contributed by atoms with Gasteiger partial charge in [0.2, 0.25) is 0 Å². The Morgan fingerprint density at radius 2 is 1.94 bits per heavy atom. The predicted octanol–water partition coefficient (Wildman–Crippen LogP) is 4.02. The first-order valence-electron chi connectivity index (χ1n) is 6.53. The van der Waals surface area contributed by atoms with Gasteiger partial charge in [0.05, 0.1) is 0 Å². The molecule has 2 aromatic rings. The van der Waals surface area contributed by atoms with E-state index in [-0.39, 0.29) is 0 Å². The topological polar surface area (TPSA) is 26.0 Å². The maximum absolute atomic E-state index is 5.91. The molecule has 3 rings (SSSR count). The van der Waals surface area contributed by atoms with Gasteiger partial charge in [-0.2, -0.15) is 0 Å². The molecular weight excluding hydrogens is 238 g/mol. The molecule has 0 atom stereocenters. The molecule has 1 aliphatic rings. The minimum absolute atomic E-state index is 0.320. The quantitative estimate of drug-likeness (QED) is 0.883. The summed E-state index contributed by atoms with van der Waals surface area (Å²) in [6.07, 6.45) is 2.52. The summed E-state index contributed by atoms with van der Waals surface area (Å²) < 4.78 is 0. The molecule has 1 heterocycles. The van der Waals surface area contributed by atoms with Crippen molar-refractivity contribution in [1.82, 2.24) is 0 Å². The van der Waals surface area contributed by atoms with E-state index in [4.69, 9.17) is 5.73 Å². The molecule has 0 saturated heterocycles. The van der Waals surface area contributed by atoms with E-state index in [0.717, 1.165) is 6.54 Å². The number of nitrogens with two attached hydrogens (primary N) is 1. The Balaban J connectivity index is 2.01. The molecule has 18 heavy (non-hydrogen) atoms. The molecule has 0 amide bonds. The van der Waals surface area contributed by atoms with Crippen LogP contribution >= 0.6 is 11.3 Å². The van der Waals surface area contributed by atoms with Gasteiger partial charge in [-0.25, -0.2) is 0 Å². The summed E-state index contributed by atoms with van der Waals surface area (Å²) >= 11 is 1.92. The fourth-order valence-corrected chi connectivity index (χ4v) is 3.83. The van der Waals surface area contributed by atoms with Crippen molar-refractivity contribution in [3.05, 3.63) is 46.3 Å². The predicted molar refractivity (Wildman–Crippen MR) is 79.2 cm³/mol. The molecule has 0 unspecified atom stereocenters. The molecule has 1 aliphatic carbocycles. The monoisotopic (exact) mass is 257 g/mol. The van der Waals surface area contributed by atoms with Crippen LogP contribution in [0.3, 0.4) is 0 Å². The van der Waals surface area contributed by atoms with Crippen LogP contribution in [0, 0.1) is 13.8 Å². The van der Waals surface area contributed by atoms with Crippen molar-refractivity contribution >= 4 is 11.3 Å². The Morgan fingerprint density at radius 1 is 1.17 bits per heavy atom. The Kier molecular flexibility index (Phi) is 2.80. The summed E-state index contributed by atoms with van der Waals surface area (Å²) in [5.41, 5.74) is 10.4. The van der Waals surface area contributed by atoms with Crippen LogP contribution in [-0.2, 0) is 5.41 Å². The molecule has 1 aromatic heterocycles. The van der Waals surface area contributed by atoms with E-state index in [0.29, 0.717) is 5.41 Å². The molecule has 94 valence electrons. The van der Waals surface area contributed by atoms with Crippen LogP contribution in [0.4, 0.5) is 0 Å². The van der Waals surface area contributed by atoms with Crippen molar-refractivity contribution < 1.29 is 0 Å². The van der Waals surface area contributed by atoms with Gasteiger partial charge in [-0.05, 0) is 55.5 Å². The van der Waals surface area contributed by atoms with E-state index < -0.39 is 0 Å². The van der Waals surface area contributed by atoms with Crippen LogP contribution in [0.2, 0.25) is 0 Å². The molecule has 0 spiro atoms. The smallest absolute Gasteiger partial charge is 0.0348 e. The zero-order valence-corrected chi connectivity index (χ0v) is 11.8. The minimum atomic E-state index is 0.320. The van der Waals surface area contributed by atoms with Crippen LogP contribution in [0.25, 0.3) is 10.4 Å². The van der Waals surface area contributed by atoms with E-state index in [9.17, 15) is 0 Å². The lowest BCUT2D eigenvalue weighted by Gasteiger charge is -2.09. The van der Waals surface area contributed by atoms with Gasteiger partial charge in [0.15, 0.2) is 0 Å². The second-order valence-corrected chi connectivity index (χ2v) is 6.48. The maximum atomic E-state index is 5.91. The fraction of sp³-hybridized carbons (Fsp3) is 0.375. The number of hydrogen-bond acceptors (Lipinski definition) is 2. The molecule has 2 N–H and O–H groups in total. The Bertz CT molecular complexity index is 579. The van der Waals surface area contributed by atoms with Gasteiger partial charge in [-0.15, -0.1) is 11.3 Å². The Morgan fingerprint density at radius 3 is 2.61 bits per heavy atom. The van der Waals surface area contributed by atoms with Crippen molar-refractivity contribution in [2.24, 2.45) is 5.73 Å². The highest BCUT2D eigenvalue weighted by Crippen LogP contribution is 2.50. The molecular formula is C16H19NS. The molecule has 0 aliphatic heterocycles. The second-order valence-electron chi connectivity index (χ2n) is 5.40. The molecule has 1 saturated carbocycles. The van der Waals surface area contributed by atoms with Crippen LogP contribution < -0.4 is 5.73 Å². The van der Waals surface area contributed by atoms with E-state index in [1.54, 1.807) is 0 Å². The molecule has 1 fully saturated rings. The normalized spacial score (nSPS) is 16.8. The number of rotatable bonds is 3. The first-order chi connectivity index (χ1) is 8.66. The lowest BCUT2D eigenvalue weighted by atomic mass is 10.0. The number of hydrogen-bond donors (Lipinski definition) is 1. The summed E-state index contributed by atoms with van der Waals surface area (Å²) in [6, 6.07) is 11.1. The maximum Gasteiger partial charge on any atom is 0.0348 e. The van der Waals surface area contributed by atoms with Crippen molar-refractivity contribution in [3.8, 4) is 10.4 Å². The van der Waals surface area contributed by atoms with Crippen molar-refractivity contribution in [3.63, 3.8) is 0 Å². The van der Waals surface area contributed by atoms with Crippen LogP contribution in [0.5, 0.6) is 0 Å². The standard InChI is InChI=1S/C16H19NS/c1-11-4-3-5-13(12(11)2)14-6-7-15(18-14)16(10-17)8-9-16/h3-7H,8-10,17H2,1-2H3. The van der Waals surface area contributed by atoms with Gasteiger partial charge >= 0.3 is 0 Å². The lowest BCUT2D eigenvalue weighted by molar-refractivity contribution is 0.720. The zero-order chi connectivity index (χ0) is 12.8. The number of aryl methyl sites for hydroxylation is 1. The average Bonchev–Trinajstić information content (AvgIpc) is 3.03. The Labute approximate surface area is 113 Å². The lowest BCUT2D eigenvalue weighted by Crippen LogP contribution is -2.18. The first kappa shape index (κ1) is 11.9. The molecule has 0 bridgehead atoms. The summed E-state index contributed by atoms with van der Waals surface area (Å²) in [5.74, 6) is 0. The van der Waals surface area contributed by atoms with Crippen molar-refractivity contribution in [1.29, 1.82) is 0 Å². The SMILES string of the molecule is Cc1cccc(-c2ccc(C3(CN)CC3)s2)c1C. The van der Waals surface area contributed by atoms with E-state index >= 15 is 0 Å². The van der Waals surface area contributed by atoms with Crippen LogP contribution in [-0.4, -0.2) is 6.54 Å². The number of benzene rings is 1. The highest BCUT2D eigenvalue weighted by atomic mass is 32.1. The van der Waals surface area contributed by atoms with Gasteiger partial charge in [-0.1, -0.05) is 18.2 Å². The number of thiophene rings is 1. The van der Waals surface area contributed by atoms with Crippen molar-refractivity contribution in [2.75, 3.05) is 6.54 Å². The van der Waals surface area contributed by atoms with Crippen LogP contribution in [0.1, 0.15) is 28.8 Å². The van der Waals surface area contributed by atoms with E-state index in [1.165, 1.54) is 39.3 Å². The van der Waals surface area contributed by atoms with Gasteiger partial charge < -0.3 is 5.73 Å². The van der Waals surface area contributed by atoms with Gasteiger partial charge in [-0.3, -0.25) is 0 Å². The zero-order valence-electron chi connectivity index (χ0n) is 11.0. The summed E-state index contributed by atoms with van der Waals surface area (Å²) in [7, 11) is 0. The summed E-state index contributed by atoms with van der Waals surface area (Å²) in [6.45, 7) is 5.18. The third-order valence-corrected chi connectivity index (χ3v) is 5.61. The molecule has 2 heteroatoms. The highest BCUT2D eigenvalue weighted by molar-refractivity contribution is 7.15. The van der Waals surface area contributed by atoms with Gasteiger partial charge in [0.25, 0.3) is 0 Å².